The van der Waals surface area contributed by atoms with Crippen molar-refractivity contribution in [3.63, 3.8) is 0 Å². The third-order valence-electron chi connectivity index (χ3n) is 3.33. The molecule has 0 spiro atoms. The summed E-state index contributed by atoms with van der Waals surface area (Å²) < 4.78 is 5.36. The van der Waals surface area contributed by atoms with Gasteiger partial charge in [0.2, 0.25) is 0 Å². The van der Waals surface area contributed by atoms with Crippen LogP contribution >= 0.6 is 11.6 Å². The molecule has 5 nitrogen and oxygen atoms in total. The summed E-state index contributed by atoms with van der Waals surface area (Å²) in [4.78, 5) is 24.8. The van der Waals surface area contributed by atoms with E-state index in [4.69, 9.17) is 16.3 Å². The van der Waals surface area contributed by atoms with Crippen LogP contribution in [0, 0.1) is 0 Å². The molecule has 2 rings (SSSR count). The molecule has 0 fully saturated rings. The van der Waals surface area contributed by atoms with E-state index in [1.54, 1.807) is 42.5 Å². The molecule has 0 aliphatic heterocycles. The van der Waals surface area contributed by atoms with Gasteiger partial charge in [-0.05, 0) is 51.1 Å². The summed E-state index contributed by atoms with van der Waals surface area (Å²) in [6, 6.07) is 11.7. The number of ether oxygens (including phenoxy) is 1. The second-order valence-corrected chi connectivity index (χ2v) is 6.11. The first-order valence-electron chi connectivity index (χ1n) is 8.06. The van der Waals surface area contributed by atoms with E-state index in [9.17, 15) is 9.59 Å². The predicted molar refractivity (Wildman–Crippen MR) is 99.6 cm³/mol. The van der Waals surface area contributed by atoms with Crippen LogP contribution in [0.1, 0.15) is 41.5 Å². The first kappa shape index (κ1) is 18.8. The fraction of sp³-hybridized carbons (Fsp3) is 0.263. The minimum Gasteiger partial charge on any atom is -0.492 e. The smallest absolute Gasteiger partial charge is 0.255 e. The zero-order valence-electron chi connectivity index (χ0n) is 14.4. The summed E-state index contributed by atoms with van der Waals surface area (Å²) in [5, 5.41) is 5.94. The molecule has 0 saturated heterocycles. The Balaban J connectivity index is 2.21. The summed E-state index contributed by atoms with van der Waals surface area (Å²) in [6.45, 7) is 6.10. The van der Waals surface area contributed by atoms with E-state index in [-0.39, 0.29) is 17.9 Å². The van der Waals surface area contributed by atoms with Crippen LogP contribution in [-0.2, 0) is 0 Å². The number of hydrogen-bond donors (Lipinski definition) is 2. The monoisotopic (exact) mass is 360 g/mol. The third-order valence-corrected chi connectivity index (χ3v) is 3.63. The Labute approximate surface area is 152 Å². The van der Waals surface area contributed by atoms with Gasteiger partial charge in [-0.3, -0.25) is 9.59 Å². The number of benzene rings is 2. The molecule has 2 N–H and O–H groups in total. The topological polar surface area (TPSA) is 67.4 Å². The van der Waals surface area contributed by atoms with Gasteiger partial charge in [-0.15, -0.1) is 0 Å². The Morgan fingerprint density at radius 3 is 2.48 bits per heavy atom. The molecule has 132 valence electrons. The van der Waals surface area contributed by atoms with Crippen LogP contribution in [0.4, 0.5) is 5.69 Å². The second kappa shape index (κ2) is 8.53. The minimum atomic E-state index is -0.352. The SMILES string of the molecule is CCOc1ccc(C(=O)Nc2ccccc2C(=O)NC(C)C)cc1Cl. The summed E-state index contributed by atoms with van der Waals surface area (Å²) in [7, 11) is 0. The third kappa shape index (κ3) is 4.97. The van der Waals surface area contributed by atoms with Crippen molar-refractivity contribution in [1.82, 2.24) is 5.32 Å². The molecule has 0 saturated carbocycles. The number of nitrogens with one attached hydrogen (secondary N) is 2. The molecule has 0 aliphatic rings. The molecule has 0 unspecified atom stereocenters. The number of amides is 2. The normalized spacial score (nSPS) is 10.4. The molecule has 0 atom stereocenters. The van der Waals surface area contributed by atoms with Crippen molar-refractivity contribution in [2.75, 3.05) is 11.9 Å². The molecule has 25 heavy (non-hydrogen) atoms. The molecule has 0 radical (unpaired) electrons. The number of hydrogen-bond acceptors (Lipinski definition) is 3. The number of para-hydroxylation sites is 1. The van der Waals surface area contributed by atoms with Crippen molar-refractivity contribution in [1.29, 1.82) is 0 Å². The maximum Gasteiger partial charge on any atom is 0.255 e. The Morgan fingerprint density at radius 2 is 1.84 bits per heavy atom. The van der Waals surface area contributed by atoms with Crippen LogP contribution in [0.25, 0.3) is 0 Å². The molecule has 2 aromatic rings. The highest BCUT2D eigenvalue weighted by Gasteiger charge is 2.15. The van der Waals surface area contributed by atoms with E-state index >= 15 is 0 Å². The number of carbonyl (C=O) groups is 2. The van der Waals surface area contributed by atoms with Gasteiger partial charge in [0.05, 0.1) is 22.9 Å². The van der Waals surface area contributed by atoms with Crippen LogP contribution in [0.15, 0.2) is 42.5 Å². The molecule has 2 amide bonds. The molecule has 2 aromatic carbocycles. The quantitative estimate of drug-likeness (QED) is 0.813. The largest absolute Gasteiger partial charge is 0.492 e. The second-order valence-electron chi connectivity index (χ2n) is 5.71. The van der Waals surface area contributed by atoms with Crippen molar-refractivity contribution in [3.05, 3.63) is 58.6 Å². The average molecular weight is 361 g/mol. The highest BCUT2D eigenvalue weighted by molar-refractivity contribution is 6.32. The number of halogens is 1. The predicted octanol–water partition coefficient (Wildman–Crippen LogP) is 4.13. The fourth-order valence-corrected chi connectivity index (χ4v) is 2.47. The Bertz CT molecular complexity index is 775. The van der Waals surface area contributed by atoms with Crippen molar-refractivity contribution in [3.8, 4) is 5.75 Å². The van der Waals surface area contributed by atoms with Crippen LogP contribution in [-0.4, -0.2) is 24.5 Å². The molecular formula is C19H21ClN2O3. The lowest BCUT2D eigenvalue weighted by Crippen LogP contribution is -2.31. The first-order chi connectivity index (χ1) is 11.9. The van der Waals surface area contributed by atoms with E-state index in [0.717, 1.165) is 0 Å². The maximum absolute atomic E-state index is 12.5. The zero-order chi connectivity index (χ0) is 18.4. The lowest BCUT2D eigenvalue weighted by atomic mass is 10.1. The van der Waals surface area contributed by atoms with Crippen LogP contribution in [0.5, 0.6) is 5.75 Å². The maximum atomic E-state index is 12.5. The van der Waals surface area contributed by atoms with Crippen molar-refractivity contribution >= 4 is 29.1 Å². The molecule has 0 heterocycles. The lowest BCUT2D eigenvalue weighted by molar-refractivity contribution is 0.0944. The highest BCUT2D eigenvalue weighted by atomic mass is 35.5. The summed E-state index contributed by atoms with van der Waals surface area (Å²) in [5.41, 5.74) is 1.23. The van der Waals surface area contributed by atoms with Crippen molar-refractivity contribution in [2.45, 2.75) is 26.8 Å². The molecule has 0 bridgehead atoms. The molecule has 6 heteroatoms. The van der Waals surface area contributed by atoms with Gasteiger partial charge in [0, 0.05) is 11.6 Å². The van der Waals surface area contributed by atoms with E-state index < -0.39 is 0 Å². The lowest BCUT2D eigenvalue weighted by Gasteiger charge is -2.13. The number of rotatable bonds is 6. The van der Waals surface area contributed by atoms with Gasteiger partial charge >= 0.3 is 0 Å². The van der Waals surface area contributed by atoms with Gasteiger partial charge < -0.3 is 15.4 Å². The number of carbonyl (C=O) groups excluding carboxylic acids is 2. The van der Waals surface area contributed by atoms with Crippen LogP contribution in [0.2, 0.25) is 5.02 Å². The van der Waals surface area contributed by atoms with E-state index in [1.807, 2.05) is 20.8 Å². The summed E-state index contributed by atoms with van der Waals surface area (Å²) in [6.07, 6.45) is 0. The molecule has 0 aliphatic carbocycles. The highest BCUT2D eigenvalue weighted by Crippen LogP contribution is 2.26. The fourth-order valence-electron chi connectivity index (χ4n) is 2.24. The van der Waals surface area contributed by atoms with Crippen LogP contribution in [0.3, 0.4) is 0 Å². The zero-order valence-corrected chi connectivity index (χ0v) is 15.2. The van der Waals surface area contributed by atoms with Crippen LogP contribution < -0.4 is 15.4 Å². The number of anilines is 1. The Hall–Kier alpha value is -2.53. The molecule has 0 aromatic heterocycles. The van der Waals surface area contributed by atoms with Crippen molar-refractivity contribution < 1.29 is 14.3 Å². The van der Waals surface area contributed by atoms with Gasteiger partial charge in [-0.1, -0.05) is 23.7 Å². The van der Waals surface area contributed by atoms with Gasteiger partial charge in [-0.2, -0.15) is 0 Å². The minimum absolute atomic E-state index is 0.00109. The van der Waals surface area contributed by atoms with Gasteiger partial charge in [-0.25, -0.2) is 0 Å². The van der Waals surface area contributed by atoms with E-state index in [1.165, 1.54) is 0 Å². The van der Waals surface area contributed by atoms with E-state index in [2.05, 4.69) is 10.6 Å². The Morgan fingerprint density at radius 1 is 1.12 bits per heavy atom. The standard InChI is InChI=1S/C19H21ClN2O3/c1-4-25-17-10-9-13(11-15(17)20)18(23)22-16-8-6-5-7-14(16)19(24)21-12(2)3/h5-12H,4H2,1-3H3,(H,21,24)(H,22,23). The van der Waals surface area contributed by atoms with Gasteiger partial charge in [0.15, 0.2) is 0 Å². The average Bonchev–Trinajstić information content (AvgIpc) is 2.56. The van der Waals surface area contributed by atoms with Gasteiger partial charge in [0.25, 0.3) is 11.8 Å². The summed E-state index contributed by atoms with van der Waals surface area (Å²) >= 11 is 6.13. The first-order valence-corrected chi connectivity index (χ1v) is 8.43. The van der Waals surface area contributed by atoms with E-state index in [0.29, 0.717) is 34.2 Å². The van der Waals surface area contributed by atoms with Gasteiger partial charge in [0.1, 0.15) is 5.75 Å². The molecular weight excluding hydrogens is 340 g/mol. The van der Waals surface area contributed by atoms with Crippen molar-refractivity contribution in [2.24, 2.45) is 0 Å². The Kier molecular flexibility index (Phi) is 6.42. The summed E-state index contributed by atoms with van der Waals surface area (Å²) in [5.74, 6) is -0.0669.